The summed E-state index contributed by atoms with van der Waals surface area (Å²) in [5.41, 5.74) is 2.27. The summed E-state index contributed by atoms with van der Waals surface area (Å²) in [5, 5.41) is 15.3. The number of nitrogens with one attached hydrogen (secondary N) is 2. The van der Waals surface area contributed by atoms with Crippen LogP contribution in [0.2, 0.25) is 0 Å². The molecule has 3 amide bonds. The first-order valence-corrected chi connectivity index (χ1v) is 11.7. The van der Waals surface area contributed by atoms with Gasteiger partial charge in [-0.1, -0.05) is 30.3 Å². The molecule has 0 radical (unpaired) electrons. The highest BCUT2D eigenvalue weighted by Crippen LogP contribution is 2.29. The highest BCUT2D eigenvalue weighted by molar-refractivity contribution is 6.00. The number of amides is 3. The molecule has 0 fully saturated rings. The molecule has 35 heavy (non-hydrogen) atoms. The first kappa shape index (κ1) is 27.7. The second-order valence-corrected chi connectivity index (χ2v) is 9.96. The maximum atomic E-state index is 13.7. The van der Waals surface area contributed by atoms with Crippen molar-refractivity contribution < 1.29 is 24.2 Å². The van der Waals surface area contributed by atoms with Gasteiger partial charge in [-0.15, -0.1) is 0 Å². The average molecular weight is 484 g/mol. The van der Waals surface area contributed by atoms with Crippen molar-refractivity contribution in [3.63, 3.8) is 0 Å². The van der Waals surface area contributed by atoms with Gasteiger partial charge in [-0.05, 0) is 84.2 Å². The lowest BCUT2D eigenvalue weighted by Gasteiger charge is -2.36. The van der Waals surface area contributed by atoms with E-state index in [1.54, 1.807) is 53.7 Å². The highest BCUT2D eigenvalue weighted by atomic mass is 16.6. The minimum absolute atomic E-state index is 0.0463. The highest BCUT2D eigenvalue weighted by Gasteiger charge is 2.36. The van der Waals surface area contributed by atoms with E-state index in [-0.39, 0.29) is 11.8 Å². The number of anilines is 1. The number of benzene rings is 2. The summed E-state index contributed by atoms with van der Waals surface area (Å²) in [7, 11) is 0. The molecule has 0 aliphatic carbocycles. The molecule has 0 aliphatic rings. The summed E-state index contributed by atoms with van der Waals surface area (Å²) in [6, 6.07) is 9.54. The van der Waals surface area contributed by atoms with E-state index in [0.717, 1.165) is 11.1 Å². The maximum Gasteiger partial charge on any atom is 0.408 e. The SMILES string of the molecule is Cc1cccc(C)c1NC(=O)C(c1ccc(O)cc1)N(C(=O)C(C)NC(=O)OC(C)(C)C)C(C)C. The van der Waals surface area contributed by atoms with Gasteiger partial charge in [-0.2, -0.15) is 0 Å². The Bertz CT molecular complexity index is 1040. The van der Waals surface area contributed by atoms with Crippen LogP contribution in [-0.2, 0) is 14.3 Å². The van der Waals surface area contributed by atoms with Gasteiger partial charge in [-0.25, -0.2) is 4.79 Å². The number of hydrogen-bond donors (Lipinski definition) is 3. The van der Waals surface area contributed by atoms with Crippen molar-refractivity contribution in [2.75, 3.05) is 5.32 Å². The molecule has 0 saturated carbocycles. The first-order valence-electron chi connectivity index (χ1n) is 11.7. The maximum absolute atomic E-state index is 13.7. The summed E-state index contributed by atoms with van der Waals surface area (Å²) in [4.78, 5) is 41.0. The van der Waals surface area contributed by atoms with Crippen molar-refractivity contribution in [2.24, 2.45) is 0 Å². The fraction of sp³-hybridized carbons (Fsp3) is 0.444. The van der Waals surface area contributed by atoms with Gasteiger partial charge >= 0.3 is 6.09 Å². The number of rotatable bonds is 7. The molecular weight excluding hydrogens is 446 g/mol. The van der Waals surface area contributed by atoms with Crippen LogP contribution in [0.1, 0.15) is 64.3 Å². The molecule has 0 heterocycles. The molecule has 0 bridgehead atoms. The van der Waals surface area contributed by atoms with Crippen molar-refractivity contribution in [2.45, 2.75) is 79.1 Å². The van der Waals surface area contributed by atoms with Gasteiger partial charge in [0.15, 0.2) is 0 Å². The van der Waals surface area contributed by atoms with Gasteiger partial charge in [0.25, 0.3) is 5.91 Å². The first-order chi connectivity index (χ1) is 16.2. The quantitative estimate of drug-likeness (QED) is 0.522. The summed E-state index contributed by atoms with van der Waals surface area (Å²) in [6.07, 6.45) is -0.719. The van der Waals surface area contributed by atoms with Crippen LogP contribution in [0, 0.1) is 13.8 Å². The minimum Gasteiger partial charge on any atom is -0.508 e. The molecule has 2 aromatic rings. The zero-order valence-corrected chi connectivity index (χ0v) is 21.8. The molecule has 0 saturated heterocycles. The average Bonchev–Trinajstić information content (AvgIpc) is 2.73. The van der Waals surface area contributed by atoms with E-state index in [9.17, 15) is 19.5 Å². The fourth-order valence-corrected chi connectivity index (χ4v) is 3.75. The van der Waals surface area contributed by atoms with Crippen LogP contribution < -0.4 is 10.6 Å². The van der Waals surface area contributed by atoms with Gasteiger partial charge in [0, 0.05) is 11.7 Å². The zero-order valence-electron chi connectivity index (χ0n) is 21.8. The van der Waals surface area contributed by atoms with Crippen LogP contribution in [0.25, 0.3) is 0 Å². The smallest absolute Gasteiger partial charge is 0.408 e. The van der Waals surface area contributed by atoms with Crippen LogP contribution in [0.4, 0.5) is 10.5 Å². The lowest BCUT2D eigenvalue weighted by molar-refractivity contribution is -0.142. The van der Waals surface area contributed by atoms with E-state index in [0.29, 0.717) is 11.3 Å². The number of phenolic OH excluding ortho intramolecular Hbond substituents is 1. The number of alkyl carbamates (subject to hydrolysis) is 1. The van der Waals surface area contributed by atoms with E-state index >= 15 is 0 Å². The normalized spacial score (nSPS) is 13.1. The van der Waals surface area contributed by atoms with Crippen molar-refractivity contribution in [3.8, 4) is 5.75 Å². The second-order valence-electron chi connectivity index (χ2n) is 9.96. The number of hydrogen-bond acceptors (Lipinski definition) is 5. The van der Waals surface area contributed by atoms with E-state index < -0.39 is 35.6 Å². The van der Waals surface area contributed by atoms with E-state index in [1.807, 2.05) is 32.0 Å². The number of ether oxygens (including phenoxy) is 1. The lowest BCUT2D eigenvalue weighted by atomic mass is 10.0. The summed E-state index contributed by atoms with van der Waals surface area (Å²) < 4.78 is 5.28. The van der Waals surface area contributed by atoms with Crippen LogP contribution in [0.5, 0.6) is 5.75 Å². The van der Waals surface area contributed by atoms with Crippen molar-refractivity contribution in [3.05, 3.63) is 59.2 Å². The second kappa shape index (κ2) is 11.3. The summed E-state index contributed by atoms with van der Waals surface area (Å²) >= 11 is 0. The van der Waals surface area contributed by atoms with Gasteiger partial charge in [-0.3, -0.25) is 9.59 Å². The Labute approximate surface area is 207 Å². The number of nitrogens with zero attached hydrogens (tertiary/aromatic N) is 1. The van der Waals surface area contributed by atoms with Crippen LogP contribution in [0.3, 0.4) is 0 Å². The Kier molecular flexibility index (Phi) is 8.90. The fourth-order valence-electron chi connectivity index (χ4n) is 3.75. The molecule has 3 N–H and O–H groups in total. The summed E-state index contributed by atoms with van der Waals surface area (Å²) in [5.74, 6) is -0.801. The van der Waals surface area contributed by atoms with E-state index in [1.165, 1.54) is 17.0 Å². The molecular formula is C27H37N3O5. The number of para-hydroxylation sites is 1. The molecule has 2 atom stereocenters. The van der Waals surface area contributed by atoms with Gasteiger partial charge < -0.3 is 25.4 Å². The zero-order chi connectivity index (χ0) is 26.5. The Hall–Kier alpha value is -3.55. The Morgan fingerprint density at radius 2 is 1.49 bits per heavy atom. The van der Waals surface area contributed by atoms with Gasteiger partial charge in [0.2, 0.25) is 5.91 Å². The number of aryl methyl sites for hydroxylation is 2. The van der Waals surface area contributed by atoms with E-state index in [4.69, 9.17) is 4.74 Å². The molecule has 2 aromatic carbocycles. The molecule has 8 heteroatoms. The number of phenols is 1. The largest absolute Gasteiger partial charge is 0.508 e. The topological polar surface area (TPSA) is 108 Å². The molecule has 2 unspecified atom stereocenters. The molecule has 0 aromatic heterocycles. The van der Waals surface area contributed by atoms with Crippen molar-refractivity contribution in [1.82, 2.24) is 10.2 Å². The predicted molar refractivity (Wildman–Crippen MR) is 136 cm³/mol. The van der Waals surface area contributed by atoms with Crippen LogP contribution in [0.15, 0.2) is 42.5 Å². The van der Waals surface area contributed by atoms with Gasteiger partial charge in [0.1, 0.15) is 23.4 Å². The number of carbonyl (C=O) groups is 3. The standard InChI is InChI=1S/C27H37N3O5/c1-16(2)30(25(33)19(5)28-26(34)35-27(6,7)8)23(20-12-14-21(31)15-13-20)24(32)29-22-17(3)10-9-11-18(22)4/h9-16,19,23,31H,1-8H3,(H,28,34)(H,29,32). The van der Waals surface area contributed by atoms with E-state index in [2.05, 4.69) is 10.6 Å². The molecule has 8 nitrogen and oxygen atoms in total. The van der Waals surface area contributed by atoms with Gasteiger partial charge in [0.05, 0.1) is 0 Å². The third kappa shape index (κ3) is 7.47. The Balaban J connectivity index is 2.44. The third-order valence-corrected chi connectivity index (χ3v) is 5.38. The number of carbonyl (C=O) groups excluding carboxylic acids is 3. The minimum atomic E-state index is -1.01. The third-order valence-electron chi connectivity index (χ3n) is 5.38. The van der Waals surface area contributed by atoms with Crippen molar-refractivity contribution >= 4 is 23.6 Å². The molecule has 190 valence electrons. The molecule has 2 rings (SSSR count). The monoisotopic (exact) mass is 483 g/mol. The summed E-state index contributed by atoms with van der Waals surface area (Å²) in [6.45, 7) is 14.2. The molecule has 0 spiro atoms. The van der Waals surface area contributed by atoms with Crippen LogP contribution >= 0.6 is 0 Å². The predicted octanol–water partition coefficient (Wildman–Crippen LogP) is 4.84. The number of aromatic hydroxyl groups is 1. The molecule has 0 aliphatic heterocycles. The van der Waals surface area contributed by atoms with Crippen LogP contribution in [-0.4, -0.2) is 45.6 Å². The Morgan fingerprint density at radius 1 is 0.943 bits per heavy atom. The lowest BCUT2D eigenvalue weighted by Crippen LogP contribution is -2.53. The van der Waals surface area contributed by atoms with Crippen molar-refractivity contribution in [1.29, 1.82) is 0 Å². The Morgan fingerprint density at radius 3 is 1.97 bits per heavy atom.